The molecule has 0 amide bonds. The van der Waals surface area contributed by atoms with E-state index in [1.54, 1.807) is 6.07 Å². The van der Waals surface area contributed by atoms with E-state index in [0.29, 0.717) is 19.4 Å². The lowest BCUT2D eigenvalue weighted by atomic mass is 10.1. The molecule has 15 heavy (non-hydrogen) atoms. The van der Waals surface area contributed by atoms with Crippen LogP contribution >= 0.6 is 11.6 Å². The van der Waals surface area contributed by atoms with Gasteiger partial charge in [0.1, 0.15) is 5.82 Å². The second kappa shape index (κ2) is 6.05. The van der Waals surface area contributed by atoms with Crippen LogP contribution in [0, 0.1) is 5.82 Å². The van der Waals surface area contributed by atoms with Crippen LogP contribution in [0.25, 0.3) is 0 Å². The van der Waals surface area contributed by atoms with Crippen LogP contribution in [0.5, 0.6) is 0 Å². The third-order valence-electron chi connectivity index (χ3n) is 2.11. The minimum atomic E-state index is -0.506. The molecule has 0 aliphatic heterocycles. The number of ether oxygens (including phenoxy) is 1. The van der Waals surface area contributed by atoms with E-state index in [1.165, 1.54) is 19.2 Å². The van der Waals surface area contributed by atoms with Crippen molar-refractivity contribution in [2.45, 2.75) is 18.9 Å². The van der Waals surface area contributed by atoms with Gasteiger partial charge in [0.2, 0.25) is 0 Å². The fraction of sp³-hybridized carbons (Fsp3) is 0.455. The van der Waals surface area contributed by atoms with Crippen LogP contribution in [0.3, 0.4) is 0 Å². The Morgan fingerprint density at radius 2 is 2.27 bits per heavy atom. The largest absolute Gasteiger partial charge is 0.391 e. The average molecular weight is 233 g/mol. The number of methoxy groups -OCH3 is 1. The molecule has 1 atom stereocenters. The van der Waals surface area contributed by atoms with Gasteiger partial charge in [0.05, 0.1) is 17.7 Å². The van der Waals surface area contributed by atoms with Crippen LogP contribution in [0.1, 0.15) is 12.0 Å². The summed E-state index contributed by atoms with van der Waals surface area (Å²) in [6.07, 6.45) is 0.654. The van der Waals surface area contributed by atoms with Gasteiger partial charge in [-0.1, -0.05) is 17.7 Å². The Labute approximate surface area is 93.6 Å². The fourth-order valence-electron chi connectivity index (χ4n) is 1.30. The van der Waals surface area contributed by atoms with Crippen molar-refractivity contribution in [1.29, 1.82) is 0 Å². The Morgan fingerprint density at radius 3 is 2.87 bits per heavy atom. The molecule has 0 radical (unpaired) electrons. The molecule has 0 aromatic heterocycles. The Balaban J connectivity index is 2.47. The maximum atomic E-state index is 13.0. The molecule has 0 aliphatic carbocycles. The summed E-state index contributed by atoms with van der Waals surface area (Å²) in [7, 11) is 1.53. The van der Waals surface area contributed by atoms with Gasteiger partial charge in [0, 0.05) is 7.11 Å². The number of hydrogen-bond donors (Lipinski definition) is 1. The smallest absolute Gasteiger partial charge is 0.142 e. The summed E-state index contributed by atoms with van der Waals surface area (Å²) in [4.78, 5) is 0. The van der Waals surface area contributed by atoms with Gasteiger partial charge in [0.25, 0.3) is 0 Å². The van der Waals surface area contributed by atoms with E-state index >= 15 is 0 Å². The van der Waals surface area contributed by atoms with E-state index in [0.717, 1.165) is 5.56 Å². The first-order valence-corrected chi connectivity index (χ1v) is 5.12. The Morgan fingerprint density at radius 1 is 1.53 bits per heavy atom. The molecule has 0 saturated carbocycles. The number of aryl methyl sites for hydroxylation is 1. The van der Waals surface area contributed by atoms with Crippen LogP contribution in [-0.4, -0.2) is 24.9 Å². The molecule has 1 rings (SSSR count). The zero-order valence-corrected chi connectivity index (χ0v) is 9.30. The van der Waals surface area contributed by atoms with Gasteiger partial charge in [-0.15, -0.1) is 0 Å². The lowest BCUT2D eigenvalue weighted by Crippen LogP contribution is -2.14. The van der Waals surface area contributed by atoms with E-state index in [9.17, 15) is 9.50 Å². The van der Waals surface area contributed by atoms with Crippen LogP contribution < -0.4 is 0 Å². The second-order valence-corrected chi connectivity index (χ2v) is 3.80. The van der Waals surface area contributed by atoms with Gasteiger partial charge in [-0.05, 0) is 30.5 Å². The number of hydrogen-bond acceptors (Lipinski definition) is 2. The van der Waals surface area contributed by atoms with Crippen molar-refractivity contribution in [2.24, 2.45) is 0 Å². The standard InChI is InChI=1S/C11H14ClFO2/c1-15-7-9(14)4-2-8-3-5-10(12)11(13)6-8/h3,5-6,9,14H,2,4,7H2,1H3. The van der Waals surface area contributed by atoms with Gasteiger partial charge < -0.3 is 9.84 Å². The maximum absolute atomic E-state index is 13.0. The highest BCUT2D eigenvalue weighted by atomic mass is 35.5. The lowest BCUT2D eigenvalue weighted by molar-refractivity contribution is 0.0595. The molecule has 1 aromatic rings. The van der Waals surface area contributed by atoms with Crippen molar-refractivity contribution >= 4 is 11.6 Å². The number of halogens is 2. The normalized spacial score (nSPS) is 12.8. The zero-order chi connectivity index (χ0) is 11.3. The van der Waals surface area contributed by atoms with Gasteiger partial charge in [-0.3, -0.25) is 0 Å². The molecule has 1 unspecified atom stereocenters. The van der Waals surface area contributed by atoms with Crippen molar-refractivity contribution in [3.05, 3.63) is 34.6 Å². The van der Waals surface area contributed by atoms with Crippen LogP contribution in [0.15, 0.2) is 18.2 Å². The topological polar surface area (TPSA) is 29.5 Å². The summed E-state index contributed by atoms with van der Waals surface area (Å²) in [5.41, 5.74) is 0.826. The first kappa shape index (κ1) is 12.4. The molecule has 2 nitrogen and oxygen atoms in total. The third kappa shape index (κ3) is 4.16. The van der Waals surface area contributed by atoms with Gasteiger partial charge in [-0.2, -0.15) is 0 Å². The van der Waals surface area contributed by atoms with E-state index < -0.39 is 11.9 Å². The number of aliphatic hydroxyl groups excluding tert-OH is 1. The molecular formula is C11H14ClFO2. The summed E-state index contributed by atoms with van der Waals surface area (Å²) in [5.74, 6) is -0.421. The lowest BCUT2D eigenvalue weighted by Gasteiger charge is -2.09. The quantitative estimate of drug-likeness (QED) is 0.845. The van der Waals surface area contributed by atoms with Crippen LogP contribution in [0.2, 0.25) is 5.02 Å². The molecule has 0 fully saturated rings. The molecule has 1 aromatic carbocycles. The summed E-state index contributed by atoms with van der Waals surface area (Å²) in [5, 5.41) is 9.51. The molecule has 0 aliphatic rings. The molecule has 0 spiro atoms. The first-order valence-electron chi connectivity index (χ1n) is 4.74. The van der Waals surface area contributed by atoms with Gasteiger partial charge >= 0.3 is 0 Å². The first-order chi connectivity index (χ1) is 7.13. The third-order valence-corrected chi connectivity index (χ3v) is 2.42. The van der Waals surface area contributed by atoms with Gasteiger partial charge in [0.15, 0.2) is 0 Å². The average Bonchev–Trinajstić information content (AvgIpc) is 2.20. The predicted octanol–water partition coefficient (Wildman–Crippen LogP) is 2.42. The molecule has 0 bridgehead atoms. The molecule has 0 saturated heterocycles. The zero-order valence-electron chi connectivity index (χ0n) is 8.54. The van der Waals surface area contributed by atoms with Crippen molar-refractivity contribution in [2.75, 3.05) is 13.7 Å². The van der Waals surface area contributed by atoms with Crippen molar-refractivity contribution in [3.63, 3.8) is 0 Å². The monoisotopic (exact) mass is 232 g/mol. The predicted molar refractivity (Wildman–Crippen MR) is 57.6 cm³/mol. The minimum Gasteiger partial charge on any atom is -0.391 e. The highest BCUT2D eigenvalue weighted by Gasteiger charge is 2.05. The minimum absolute atomic E-state index is 0.121. The number of rotatable bonds is 5. The molecule has 1 N–H and O–H groups in total. The Hall–Kier alpha value is -0.640. The highest BCUT2D eigenvalue weighted by Crippen LogP contribution is 2.16. The van der Waals surface area contributed by atoms with Gasteiger partial charge in [-0.25, -0.2) is 4.39 Å². The maximum Gasteiger partial charge on any atom is 0.142 e. The van der Waals surface area contributed by atoms with Crippen molar-refractivity contribution in [3.8, 4) is 0 Å². The van der Waals surface area contributed by atoms with E-state index in [4.69, 9.17) is 16.3 Å². The Kier molecular flexibility index (Phi) is 5.02. The summed E-state index contributed by atoms with van der Waals surface area (Å²) < 4.78 is 17.8. The SMILES string of the molecule is COCC(O)CCc1ccc(Cl)c(F)c1. The van der Waals surface area contributed by atoms with E-state index in [2.05, 4.69) is 0 Å². The molecular weight excluding hydrogens is 219 g/mol. The van der Waals surface area contributed by atoms with E-state index in [1.807, 2.05) is 0 Å². The second-order valence-electron chi connectivity index (χ2n) is 3.40. The summed E-state index contributed by atoms with van der Waals surface area (Å²) >= 11 is 5.55. The fourth-order valence-corrected chi connectivity index (χ4v) is 1.42. The highest BCUT2D eigenvalue weighted by molar-refractivity contribution is 6.30. The van der Waals surface area contributed by atoms with Crippen molar-refractivity contribution in [1.82, 2.24) is 0 Å². The van der Waals surface area contributed by atoms with E-state index in [-0.39, 0.29) is 5.02 Å². The summed E-state index contributed by atoms with van der Waals surface area (Å²) in [6, 6.07) is 4.67. The number of benzene rings is 1. The van der Waals surface area contributed by atoms with Crippen molar-refractivity contribution < 1.29 is 14.2 Å². The molecule has 84 valence electrons. The molecule has 4 heteroatoms. The Bertz CT molecular complexity index is 317. The van der Waals surface area contributed by atoms with Crippen LogP contribution in [0.4, 0.5) is 4.39 Å². The van der Waals surface area contributed by atoms with Crippen LogP contribution in [-0.2, 0) is 11.2 Å². The summed E-state index contributed by atoms with van der Waals surface area (Å²) in [6.45, 7) is 0.302. The number of aliphatic hydroxyl groups is 1. The molecule has 0 heterocycles.